The molecule has 0 unspecified atom stereocenters. The van der Waals surface area contributed by atoms with Crippen molar-refractivity contribution in [2.75, 3.05) is 19.6 Å². The maximum Gasteiger partial charge on any atom is 0.220 e. The first kappa shape index (κ1) is 22.5. The van der Waals surface area contributed by atoms with Crippen LogP contribution in [0.5, 0.6) is 0 Å². The van der Waals surface area contributed by atoms with E-state index >= 15 is 0 Å². The third-order valence-corrected chi connectivity index (χ3v) is 4.17. The summed E-state index contributed by atoms with van der Waals surface area (Å²) in [7, 11) is 0. The molecule has 8 heteroatoms. The van der Waals surface area contributed by atoms with Gasteiger partial charge >= 0.3 is 0 Å². The highest BCUT2D eigenvalue weighted by Gasteiger charge is 2.10. The Balaban J connectivity index is 0.00000169. The zero-order chi connectivity index (χ0) is 16.8. The van der Waals surface area contributed by atoms with E-state index in [9.17, 15) is 4.79 Å². The molecule has 0 fully saturated rings. The van der Waals surface area contributed by atoms with Crippen molar-refractivity contribution in [1.82, 2.24) is 15.6 Å². The van der Waals surface area contributed by atoms with E-state index in [-0.39, 0.29) is 30.7 Å². The Bertz CT molecular complexity index is 730. The van der Waals surface area contributed by atoms with Gasteiger partial charge in [-0.25, -0.2) is 4.98 Å². The minimum Gasteiger partial charge on any atom is -0.441 e. The van der Waals surface area contributed by atoms with Gasteiger partial charge < -0.3 is 15.1 Å². The lowest BCUT2D eigenvalue weighted by molar-refractivity contribution is -0.120. The number of carbonyl (C=O) groups excluding carboxylic acids is 1. The molecule has 0 radical (unpaired) electrons. The fourth-order valence-corrected chi connectivity index (χ4v) is 2.65. The second-order valence-electron chi connectivity index (χ2n) is 5.72. The number of nitrogens with zero attached hydrogens (tertiary/aromatic N) is 1. The number of hydrogen-bond acceptors (Lipinski definition) is 4. The van der Waals surface area contributed by atoms with E-state index in [4.69, 9.17) is 16.0 Å². The molecule has 142 valence electrons. The minimum absolute atomic E-state index is 0. The molecule has 0 saturated heterocycles. The van der Waals surface area contributed by atoms with Crippen molar-refractivity contribution >= 4 is 42.3 Å². The molecule has 0 saturated carbocycles. The SMILES string of the molecule is Cl.Cl.O=C(CCc1ncc(-c2ccc(Cl)cc2)o1)NCC1=CCNCC1. The van der Waals surface area contributed by atoms with Crippen molar-refractivity contribution in [3.05, 3.63) is 53.0 Å². The fourth-order valence-electron chi connectivity index (χ4n) is 2.52. The Hall–Kier alpha value is -1.53. The van der Waals surface area contributed by atoms with E-state index in [0.717, 1.165) is 25.1 Å². The van der Waals surface area contributed by atoms with Crippen molar-refractivity contribution in [2.24, 2.45) is 0 Å². The molecule has 1 amide bonds. The van der Waals surface area contributed by atoms with Crippen LogP contribution >= 0.6 is 36.4 Å². The quantitative estimate of drug-likeness (QED) is 0.700. The first-order valence-electron chi connectivity index (χ1n) is 8.06. The van der Waals surface area contributed by atoms with Crippen molar-refractivity contribution in [3.63, 3.8) is 0 Å². The molecule has 1 aromatic heterocycles. The van der Waals surface area contributed by atoms with Gasteiger partial charge in [-0.05, 0) is 37.2 Å². The molecule has 0 spiro atoms. The fraction of sp³-hybridized carbons (Fsp3) is 0.333. The summed E-state index contributed by atoms with van der Waals surface area (Å²) >= 11 is 5.88. The van der Waals surface area contributed by atoms with E-state index in [2.05, 4.69) is 21.7 Å². The highest BCUT2D eigenvalue weighted by molar-refractivity contribution is 6.30. The van der Waals surface area contributed by atoms with Crippen LogP contribution < -0.4 is 10.6 Å². The van der Waals surface area contributed by atoms with Crippen LogP contribution in [-0.2, 0) is 11.2 Å². The first-order valence-corrected chi connectivity index (χ1v) is 8.44. The van der Waals surface area contributed by atoms with Gasteiger partial charge in [-0.3, -0.25) is 4.79 Å². The number of rotatable bonds is 6. The monoisotopic (exact) mass is 417 g/mol. The predicted octanol–water partition coefficient (Wildman–Crippen LogP) is 3.81. The summed E-state index contributed by atoms with van der Waals surface area (Å²) in [6, 6.07) is 7.38. The average molecular weight is 419 g/mol. The Labute approximate surface area is 170 Å². The van der Waals surface area contributed by atoms with Gasteiger partial charge in [0, 0.05) is 36.5 Å². The van der Waals surface area contributed by atoms with Crippen molar-refractivity contribution in [2.45, 2.75) is 19.3 Å². The van der Waals surface area contributed by atoms with E-state index in [0.29, 0.717) is 36.1 Å². The zero-order valence-electron chi connectivity index (χ0n) is 14.2. The molecule has 2 aromatic rings. The van der Waals surface area contributed by atoms with Gasteiger partial charge in [-0.1, -0.05) is 23.3 Å². The van der Waals surface area contributed by atoms with Crippen LogP contribution in [0.1, 0.15) is 18.7 Å². The lowest BCUT2D eigenvalue weighted by Gasteiger charge is -2.14. The van der Waals surface area contributed by atoms with Gasteiger partial charge in [0.05, 0.1) is 6.20 Å². The van der Waals surface area contributed by atoms with E-state index in [1.807, 2.05) is 24.3 Å². The smallest absolute Gasteiger partial charge is 0.220 e. The summed E-state index contributed by atoms with van der Waals surface area (Å²) in [5.41, 5.74) is 2.20. The highest BCUT2D eigenvalue weighted by atomic mass is 35.5. The number of aryl methyl sites for hydroxylation is 1. The maximum atomic E-state index is 11.9. The standard InChI is InChI=1S/C18H20ClN3O2.2ClH/c19-15-3-1-14(2-4-15)16-12-22-18(24-16)6-5-17(23)21-11-13-7-9-20-10-8-13;;/h1-4,7,12,20H,5-6,8-11H2,(H,21,23);2*1H. The second kappa shape index (κ2) is 11.2. The molecule has 0 bridgehead atoms. The Kier molecular flexibility index (Phi) is 9.73. The van der Waals surface area contributed by atoms with Crippen LogP contribution in [0.15, 0.2) is 46.5 Å². The Morgan fingerprint density at radius 2 is 2.04 bits per heavy atom. The molecule has 0 aliphatic carbocycles. The van der Waals surface area contributed by atoms with Crippen molar-refractivity contribution < 1.29 is 9.21 Å². The summed E-state index contributed by atoms with van der Waals surface area (Å²) in [5, 5.41) is 6.88. The summed E-state index contributed by atoms with van der Waals surface area (Å²) in [5.74, 6) is 1.26. The Morgan fingerprint density at radius 1 is 1.27 bits per heavy atom. The molecule has 1 aliphatic heterocycles. The van der Waals surface area contributed by atoms with E-state index < -0.39 is 0 Å². The largest absolute Gasteiger partial charge is 0.441 e. The van der Waals surface area contributed by atoms with Gasteiger partial charge in [0.1, 0.15) is 0 Å². The van der Waals surface area contributed by atoms with Crippen LogP contribution in [0.25, 0.3) is 11.3 Å². The van der Waals surface area contributed by atoms with Crippen LogP contribution in [-0.4, -0.2) is 30.5 Å². The third kappa shape index (κ3) is 6.65. The first-order chi connectivity index (χ1) is 11.7. The normalized spacial score (nSPS) is 13.2. The molecule has 1 aromatic carbocycles. The molecule has 26 heavy (non-hydrogen) atoms. The van der Waals surface area contributed by atoms with E-state index in [1.54, 1.807) is 6.20 Å². The molecule has 3 rings (SSSR count). The molecule has 0 atom stereocenters. The second-order valence-corrected chi connectivity index (χ2v) is 6.15. The lowest BCUT2D eigenvalue weighted by Crippen LogP contribution is -2.29. The summed E-state index contributed by atoms with van der Waals surface area (Å²) < 4.78 is 5.70. The van der Waals surface area contributed by atoms with Crippen LogP contribution in [0, 0.1) is 0 Å². The zero-order valence-corrected chi connectivity index (χ0v) is 16.6. The van der Waals surface area contributed by atoms with Crippen LogP contribution in [0.2, 0.25) is 5.02 Å². The number of benzene rings is 1. The summed E-state index contributed by atoms with van der Waals surface area (Å²) in [6.45, 7) is 2.49. The minimum atomic E-state index is 0. The van der Waals surface area contributed by atoms with Crippen molar-refractivity contribution in [1.29, 1.82) is 0 Å². The molecule has 2 heterocycles. The molecule has 5 nitrogen and oxygen atoms in total. The molecule has 1 aliphatic rings. The number of aromatic nitrogens is 1. The maximum absolute atomic E-state index is 11.9. The molecule has 2 N–H and O–H groups in total. The molecular weight excluding hydrogens is 397 g/mol. The third-order valence-electron chi connectivity index (χ3n) is 3.92. The van der Waals surface area contributed by atoms with Gasteiger partial charge in [0.25, 0.3) is 0 Å². The van der Waals surface area contributed by atoms with E-state index in [1.165, 1.54) is 5.57 Å². The summed E-state index contributed by atoms with van der Waals surface area (Å²) in [6.07, 6.45) is 5.66. The number of halogens is 3. The summed E-state index contributed by atoms with van der Waals surface area (Å²) in [4.78, 5) is 16.2. The van der Waals surface area contributed by atoms with Crippen LogP contribution in [0.3, 0.4) is 0 Å². The predicted molar refractivity (Wildman–Crippen MR) is 108 cm³/mol. The average Bonchev–Trinajstić information content (AvgIpc) is 3.09. The number of amides is 1. The lowest BCUT2D eigenvalue weighted by atomic mass is 10.1. The Morgan fingerprint density at radius 3 is 2.73 bits per heavy atom. The van der Waals surface area contributed by atoms with Crippen LogP contribution in [0.4, 0.5) is 0 Å². The van der Waals surface area contributed by atoms with Crippen molar-refractivity contribution in [3.8, 4) is 11.3 Å². The van der Waals surface area contributed by atoms with Gasteiger partial charge in [0.15, 0.2) is 11.7 Å². The van der Waals surface area contributed by atoms with Gasteiger partial charge in [0.2, 0.25) is 5.91 Å². The highest BCUT2D eigenvalue weighted by Crippen LogP contribution is 2.22. The molecular formula is C18H22Cl3N3O2. The number of carbonyl (C=O) groups is 1. The van der Waals surface area contributed by atoms with Gasteiger partial charge in [-0.15, -0.1) is 24.8 Å². The number of hydrogen-bond donors (Lipinski definition) is 2. The topological polar surface area (TPSA) is 67.2 Å². The number of nitrogens with one attached hydrogen (secondary N) is 2. The van der Waals surface area contributed by atoms with Gasteiger partial charge in [-0.2, -0.15) is 0 Å². The number of oxazole rings is 1.